The van der Waals surface area contributed by atoms with Crippen molar-refractivity contribution in [3.05, 3.63) is 168 Å². The minimum absolute atomic E-state index is 0.0892. The van der Waals surface area contributed by atoms with Crippen molar-refractivity contribution in [3.8, 4) is 11.5 Å². The van der Waals surface area contributed by atoms with Gasteiger partial charge in [-0.05, 0) is 46.5 Å². The molecule has 15 heteroatoms. The third-order valence-corrected chi connectivity index (χ3v) is 11.1. The highest BCUT2D eigenvalue weighted by Crippen LogP contribution is 2.37. The summed E-state index contributed by atoms with van der Waals surface area (Å²) in [6.45, 7) is 3.94. The molecule has 68 heavy (non-hydrogen) atoms. The van der Waals surface area contributed by atoms with Gasteiger partial charge >= 0.3 is 17.9 Å². The van der Waals surface area contributed by atoms with E-state index in [1.807, 2.05) is 121 Å². The van der Waals surface area contributed by atoms with Crippen molar-refractivity contribution < 1.29 is 71.2 Å². The summed E-state index contributed by atoms with van der Waals surface area (Å²) in [5.74, 6) is -1.03. The van der Waals surface area contributed by atoms with Crippen molar-refractivity contribution in [3.63, 3.8) is 0 Å². The maximum Gasteiger partial charge on any atom is 0.303 e. The van der Waals surface area contributed by atoms with E-state index in [2.05, 4.69) is 0 Å². The molecule has 0 saturated carbocycles. The van der Waals surface area contributed by atoms with Crippen LogP contribution < -0.4 is 9.47 Å². The first kappa shape index (κ1) is 49.7. The average molecular weight is 935 g/mol. The molecular weight excluding hydrogens is 877 g/mol. The van der Waals surface area contributed by atoms with Gasteiger partial charge in [0.2, 0.25) is 12.4 Å². The standard InChI is InChI=1S/C53H58O15/c1-35(54)59-34-45-46(60-30-39-19-11-6-12-20-39)48(61-31-40-21-13-7-14-22-40)50(62-32-41-23-15-8-16-24-41)52(67-45)68-47-44(33-58-29-38-17-9-5-10-18-38)66-53(65-43-27-25-42(57-4)26-28-43)51(64-37(3)56)49(47)63-36(2)55/h5-28,44-53H,29-34H2,1-4H3/t44-,45-,46-,47+,48+,49+,50-,51-,52-,53-/m1/s1. The predicted octanol–water partition coefficient (Wildman–Crippen LogP) is 7.31. The maximum atomic E-state index is 13.2. The van der Waals surface area contributed by atoms with Crippen molar-refractivity contribution in [2.24, 2.45) is 0 Å². The van der Waals surface area contributed by atoms with Gasteiger partial charge in [0.25, 0.3) is 0 Å². The van der Waals surface area contributed by atoms with Crippen LogP contribution in [-0.2, 0) is 88.2 Å². The fourth-order valence-electron chi connectivity index (χ4n) is 7.91. The number of carbonyl (C=O) groups excluding carboxylic acids is 3. The third-order valence-electron chi connectivity index (χ3n) is 11.1. The molecule has 5 aromatic rings. The minimum Gasteiger partial charge on any atom is -0.497 e. The summed E-state index contributed by atoms with van der Waals surface area (Å²) < 4.78 is 76.5. The lowest BCUT2D eigenvalue weighted by atomic mass is 9.95. The zero-order valence-corrected chi connectivity index (χ0v) is 38.5. The molecule has 0 spiro atoms. The SMILES string of the molecule is COc1ccc(O[C@@H]2O[C@H](COCc3ccccc3)[C@H](O[C@H]3O[C@H](COC(C)=O)[C@@H](OCc4ccccc4)[C@H](OCc4ccccc4)[C@H]3OCc3ccccc3)[C@H](OC(C)=O)[C@H]2OC(C)=O)cc1. The van der Waals surface area contributed by atoms with Gasteiger partial charge in [0.15, 0.2) is 12.4 Å². The largest absolute Gasteiger partial charge is 0.497 e. The molecule has 0 amide bonds. The smallest absolute Gasteiger partial charge is 0.303 e. The van der Waals surface area contributed by atoms with Crippen molar-refractivity contribution in [2.45, 2.75) is 109 Å². The number of benzene rings is 5. The first-order valence-corrected chi connectivity index (χ1v) is 22.5. The normalized spacial score (nSPS) is 24.6. The van der Waals surface area contributed by atoms with Crippen LogP contribution in [0, 0.1) is 0 Å². The molecular formula is C53H58O15. The highest BCUT2D eigenvalue weighted by molar-refractivity contribution is 5.67. The second kappa shape index (κ2) is 25.3. The molecule has 360 valence electrons. The number of ether oxygens (including phenoxy) is 12. The zero-order chi connectivity index (χ0) is 47.7. The monoisotopic (exact) mass is 934 g/mol. The lowest BCUT2D eigenvalue weighted by Gasteiger charge is -2.49. The van der Waals surface area contributed by atoms with E-state index < -0.39 is 79.3 Å². The van der Waals surface area contributed by atoms with Gasteiger partial charge < -0.3 is 56.8 Å². The second-order valence-corrected chi connectivity index (χ2v) is 16.2. The van der Waals surface area contributed by atoms with Gasteiger partial charge in [-0.3, -0.25) is 14.4 Å². The summed E-state index contributed by atoms with van der Waals surface area (Å²) in [6.07, 6.45) is -11.7. The predicted molar refractivity (Wildman–Crippen MR) is 245 cm³/mol. The summed E-state index contributed by atoms with van der Waals surface area (Å²) in [7, 11) is 1.54. The molecule has 15 nitrogen and oxygen atoms in total. The Hall–Kier alpha value is -6.17. The molecule has 0 N–H and O–H groups in total. The van der Waals surface area contributed by atoms with Crippen LogP contribution in [0.25, 0.3) is 0 Å². The molecule has 10 atom stereocenters. The number of methoxy groups -OCH3 is 1. The molecule has 2 aliphatic rings. The van der Waals surface area contributed by atoms with Crippen molar-refractivity contribution in [2.75, 3.05) is 20.3 Å². The molecule has 0 radical (unpaired) electrons. The Morgan fingerprint density at radius 1 is 0.441 bits per heavy atom. The third kappa shape index (κ3) is 14.4. The van der Waals surface area contributed by atoms with Gasteiger partial charge in [-0.15, -0.1) is 0 Å². The quantitative estimate of drug-likeness (QED) is 0.0502. The van der Waals surface area contributed by atoms with Crippen LogP contribution in [0.3, 0.4) is 0 Å². The maximum absolute atomic E-state index is 13.2. The Kier molecular flexibility index (Phi) is 18.5. The molecule has 0 bridgehead atoms. The van der Waals surface area contributed by atoms with Crippen LogP contribution in [0.15, 0.2) is 146 Å². The molecule has 5 aromatic carbocycles. The van der Waals surface area contributed by atoms with Gasteiger partial charge in [-0.25, -0.2) is 0 Å². The zero-order valence-electron chi connectivity index (χ0n) is 38.5. The topological polar surface area (TPSA) is 162 Å². The molecule has 7 rings (SSSR count). The van der Waals surface area contributed by atoms with E-state index >= 15 is 0 Å². The number of esters is 3. The molecule has 2 aliphatic heterocycles. The first-order valence-electron chi connectivity index (χ1n) is 22.5. The van der Waals surface area contributed by atoms with Gasteiger partial charge in [-0.2, -0.15) is 0 Å². The molecule has 0 aliphatic carbocycles. The van der Waals surface area contributed by atoms with Gasteiger partial charge in [-0.1, -0.05) is 121 Å². The molecule has 0 unspecified atom stereocenters. The Balaban J connectivity index is 1.30. The number of hydrogen-bond donors (Lipinski definition) is 0. The van der Waals surface area contributed by atoms with E-state index in [4.69, 9.17) is 56.8 Å². The summed E-state index contributed by atoms with van der Waals surface area (Å²) in [5.41, 5.74) is 3.48. The Morgan fingerprint density at radius 3 is 1.38 bits per heavy atom. The highest BCUT2D eigenvalue weighted by Gasteiger charge is 2.56. The van der Waals surface area contributed by atoms with E-state index in [-0.39, 0.29) is 39.6 Å². The Bertz CT molecular complexity index is 2280. The van der Waals surface area contributed by atoms with Crippen LogP contribution in [0.5, 0.6) is 11.5 Å². The highest BCUT2D eigenvalue weighted by atomic mass is 16.8. The number of rotatable bonds is 22. The summed E-state index contributed by atoms with van der Waals surface area (Å²) >= 11 is 0. The Labute approximate surface area is 396 Å². The Morgan fingerprint density at radius 2 is 0.882 bits per heavy atom. The lowest BCUT2D eigenvalue weighted by Crippen LogP contribution is -2.67. The van der Waals surface area contributed by atoms with Crippen molar-refractivity contribution >= 4 is 17.9 Å². The number of carbonyl (C=O) groups is 3. The summed E-state index contributed by atoms with van der Waals surface area (Å²) in [5, 5.41) is 0. The molecule has 2 fully saturated rings. The van der Waals surface area contributed by atoms with Crippen molar-refractivity contribution in [1.29, 1.82) is 0 Å². The van der Waals surface area contributed by atoms with E-state index in [0.717, 1.165) is 22.3 Å². The fraction of sp³-hybridized carbons (Fsp3) is 0.377. The van der Waals surface area contributed by atoms with Crippen LogP contribution in [-0.4, -0.2) is 99.6 Å². The van der Waals surface area contributed by atoms with E-state index in [9.17, 15) is 14.4 Å². The summed E-state index contributed by atoms with van der Waals surface area (Å²) in [6, 6.07) is 45.0. The fourth-order valence-corrected chi connectivity index (χ4v) is 7.91. The van der Waals surface area contributed by atoms with Crippen LogP contribution in [0.1, 0.15) is 43.0 Å². The first-order chi connectivity index (χ1) is 33.1. The molecule has 0 aromatic heterocycles. The molecule has 2 saturated heterocycles. The van der Waals surface area contributed by atoms with Gasteiger partial charge in [0.05, 0.1) is 40.1 Å². The minimum atomic E-state index is -1.38. The second-order valence-electron chi connectivity index (χ2n) is 16.2. The van der Waals surface area contributed by atoms with Gasteiger partial charge in [0, 0.05) is 20.8 Å². The van der Waals surface area contributed by atoms with Crippen LogP contribution in [0.2, 0.25) is 0 Å². The number of hydrogen-bond acceptors (Lipinski definition) is 15. The van der Waals surface area contributed by atoms with Crippen LogP contribution in [0.4, 0.5) is 0 Å². The molecule has 2 heterocycles. The van der Waals surface area contributed by atoms with Crippen LogP contribution >= 0.6 is 0 Å². The van der Waals surface area contributed by atoms with Crippen molar-refractivity contribution in [1.82, 2.24) is 0 Å². The van der Waals surface area contributed by atoms with E-state index in [1.54, 1.807) is 31.4 Å². The van der Waals surface area contributed by atoms with E-state index in [0.29, 0.717) is 11.5 Å². The van der Waals surface area contributed by atoms with Gasteiger partial charge in [0.1, 0.15) is 54.7 Å². The van der Waals surface area contributed by atoms with E-state index in [1.165, 1.54) is 20.8 Å². The summed E-state index contributed by atoms with van der Waals surface area (Å²) in [4.78, 5) is 38.6. The average Bonchev–Trinajstić information content (AvgIpc) is 3.35. The lowest BCUT2D eigenvalue weighted by molar-refractivity contribution is -0.366.